The lowest BCUT2D eigenvalue weighted by Crippen LogP contribution is -2.05. The van der Waals surface area contributed by atoms with Gasteiger partial charge in [0.2, 0.25) is 0 Å². The van der Waals surface area contributed by atoms with Crippen LogP contribution in [0, 0.1) is 18.3 Å². The monoisotopic (exact) mass is 288 g/mol. The molecule has 0 unspecified atom stereocenters. The first-order valence-corrected chi connectivity index (χ1v) is 7.28. The molecule has 0 amide bonds. The Morgan fingerprint density at radius 2 is 1.68 bits per heavy atom. The van der Waals surface area contributed by atoms with Crippen LogP contribution in [-0.4, -0.2) is 7.05 Å². The zero-order valence-corrected chi connectivity index (χ0v) is 13.2. The summed E-state index contributed by atoms with van der Waals surface area (Å²) in [6.45, 7) is 4.05. The van der Waals surface area contributed by atoms with Gasteiger partial charge in [-0.2, -0.15) is 5.26 Å². The number of rotatable bonds is 4. The van der Waals surface area contributed by atoms with E-state index in [0.717, 1.165) is 16.7 Å². The zero-order chi connectivity index (χ0) is 15.9. The van der Waals surface area contributed by atoms with Gasteiger partial charge in [-0.25, -0.2) is 0 Å². The maximum Gasteiger partial charge on any atom is 0.117 e. The van der Waals surface area contributed by atoms with Crippen molar-refractivity contribution < 1.29 is 0 Å². The van der Waals surface area contributed by atoms with Gasteiger partial charge < -0.3 is 5.32 Å². The van der Waals surface area contributed by atoms with E-state index in [4.69, 9.17) is 5.26 Å². The second-order valence-electron chi connectivity index (χ2n) is 5.23. The summed E-state index contributed by atoms with van der Waals surface area (Å²) in [5, 5.41) is 12.1. The first-order valence-electron chi connectivity index (χ1n) is 7.28. The maximum atomic E-state index is 9.12. The molecule has 0 saturated carbocycles. The van der Waals surface area contributed by atoms with Crippen LogP contribution in [0.1, 0.15) is 29.2 Å². The molecule has 0 radical (unpaired) electrons. The smallest absolute Gasteiger partial charge is 0.117 e. The lowest BCUT2D eigenvalue weighted by Gasteiger charge is -2.06. The third kappa shape index (κ3) is 3.86. The normalized spacial score (nSPS) is 11.9. The van der Waals surface area contributed by atoms with Crippen LogP contribution < -0.4 is 5.32 Å². The summed E-state index contributed by atoms with van der Waals surface area (Å²) in [6.07, 6.45) is 4.20. The van der Waals surface area contributed by atoms with Gasteiger partial charge in [-0.15, -0.1) is 0 Å². The van der Waals surface area contributed by atoms with Crippen LogP contribution in [-0.2, 0) is 0 Å². The standard InChI is InChI=1S/C20H20N2/c1-15-6-4-7-17(12-15)10-11-18-8-5-9-19(13-18)16(2)20(14-21)22-3/h4-13,22H,1-3H3/b11-10+,20-16+. The van der Waals surface area contributed by atoms with Gasteiger partial charge in [0.05, 0.1) is 0 Å². The van der Waals surface area contributed by atoms with E-state index in [-0.39, 0.29) is 0 Å². The number of aryl methyl sites for hydroxylation is 1. The summed E-state index contributed by atoms with van der Waals surface area (Å²) in [6, 6.07) is 18.8. The Morgan fingerprint density at radius 1 is 1.05 bits per heavy atom. The minimum absolute atomic E-state index is 0.597. The predicted molar refractivity (Wildman–Crippen MR) is 93.8 cm³/mol. The second-order valence-corrected chi connectivity index (χ2v) is 5.23. The number of allylic oxidation sites excluding steroid dienone is 2. The maximum absolute atomic E-state index is 9.12. The van der Waals surface area contributed by atoms with Crippen molar-refractivity contribution in [2.45, 2.75) is 13.8 Å². The van der Waals surface area contributed by atoms with E-state index >= 15 is 0 Å². The first-order chi connectivity index (χ1) is 10.6. The van der Waals surface area contributed by atoms with Gasteiger partial charge in [-0.05, 0) is 42.2 Å². The minimum Gasteiger partial charge on any atom is -0.379 e. The van der Waals surface area contributed by atoms with Crippen molar-refractivity contribution in [3.05, 3.63) is 76.5 Å². The highest BCUT2D eigenvalue weighted by atomic mass is 14.8. The molecule has 0 spiro atoms. The number of benzene rings is 2. The predicted octanol–water partition coefficient (Wildman–Crippen LogP) is 4.64. The van der Waals surface area contributed by atoms with Crippen molar-refractivity contribution in [2.24, 2.45) is 0 Å². The molecule has 0 fully saturated rings. The van der Waals surface area contributed by atoms with Crippen molar-refractivity contribution in [1.29, 1.82) is 5.26 Å². The molecule has 2 nitrogen and oxygen atoms in total. The minimum atomic E-state index is 0.597. The molecule has 0 heterocycles. The Balaban J connectivity index is 2.30. The molecule has 22 heavy (non-hydrogen) atoms. The fraction of sp³-hybridized carbons (Fsp3) is 0.150. The Hall–Kier alpha value is -2.79. The Bertz CT molecular complexity index is 761. The lowest BCUT2D eigenvalue weighted by atomic mass is 10.0. The summed E-state index contributed by atoms with van der Waals surface area (Å²) in [7, 11) is 1.77. The molecule has 1 N–H and O–H groups in total. The average molecular weight is 288 g/mol. The van der Waals surface area contributed by atoms with Crippen LogP contribution in [0.25, 0.3) is 17.7 Å². The van der Waals surface area contributed by atoms with E-state index < -0.39 is 0 Å². The third-order valence-electron chi connectivity index (χ3n) is 3.57. The molecule has 2 heteroatoms. The topological polar surface area (TPSA) is 35.8 Å². The molecule has 0 aromatic heterocycles. The van der Waals surface area contributed by atoms with E-state index in [1.807, 2.05) is 19.1 Å². The SMILES string of the molecule is CN/C(C#N)=C(\C)c1cccc(/C=C/c2cccc(C)c2)c1. The molecular formula is C20H20N2. The molecule has 110 valence electrons. The van der Waals surface area contributed by atoms with Crippen LogP contribution in [0.5, 0.6) is 0 Å². The molecular weight excluding hydrogens is 268 g/mol. The van der Waals surface area contributed by atoms with Crippen LogP contribution >= 0.6 is 0 Å². The summed E-state index contributed by atoms with van der Waals surface area (Å²) in [5.41, 5.74) is 6.16. The van der Waals surface area contributed by atoms with Crippen LogP contribution in [0.2, 0.25) is 0 Å². The molecule has 0 aliphatic carbocycles. The second kappa shape index (κ2) is 7.28. The molecule has 0 aliphatic rings. The number of nitriles is 1. The van der Waals surface area contributed by atoms with E-state index in [1.54, 1.807) is 7.05 Å². The molecule has 0 atom stereocenters. The Kier molecular flexibility index (Phi) is 5.16. The van der Waals surface area contributed by atoms with Crippen molar-refractivity contribution in [3.63, 3.8) is 0 Å². The summed E-state index contributed by atoms with van der Waals surface area (Å²) >= 11 is 0. The summed E-state index contributed by atoms with van der Waals surface area (Å²) in [4.78, 5) is 0. The number of hydrogen-bond donors (Lipinski definition) is 1. The van der Waals surface area contributed by atoms with Crippen LogP contribution in [0.15, 0.2) is 54.2 Å². The van der Waals surface area contributed by atoms with Gasteiger partial charge >= 0.3 is 0 Å². The van der Waals surface area contributed by atoms with E-state index in [0.29, 0.717) is 5.70 Å². The van der Waals surface area contributed by atoms with Crippen molar-refractivity contribution in [2.75, 3.05) is 7.05 Å². The summed E-state index contributed by atoms with van der Waals surface area (Å²) < 4.78 is 0. The van der Waals surface area contributed by atoms with Gasteiger partial charge in [-0.1, -0.05) is 60.2 Å². The Labute approximate surface area is 132 Å². The largest absolute Gasteiger partial charge is 0.379 e. The van der Waals surface area contributed by atoms with Crippen LogP contribution in [0.3, 0.4) is 0 Å². The van der Waals surface area contributed by atoms with Crippen LogP contribution in [0.4, 0.5) is 0 Å². The fourth-order valence-corrected chi connectivity index (χ4v) is 2.31. The molecule has 0 aliphatic heterocycles. The number of hydrogen-bond acceptors (Lipinski definition) is 2. The first kappa shape index (κ1) is 15.6. The molecule has 0 bridgehead atoms. The highest BCUT2D eigenvalue weighted by Crippen LogP contribution is 2.19. The van der Waals surface area contributed by atoms with Gasteiger partial charge in [0.25, 0.3) is 0 Å². The van der Waals surface area contributed by atoms with Gasteiger partial charge in [0.1, 0.15) is 11.8 Å². The quantitative estimate of drug-likeness (QED) is 0.657. The highest BCUT2D eigenvalue weighted by molar-refractivity contribution is 5.75. The fourth-order valence-electron chi connectivity index (χ4n) is 2.31. The van der Waals surface area contributed by atoms with E-state index in [1.165, 1.54) is 11.1 Å². The third-order valence-corrected chi connectivity index (χ3v) is 3.57. The molecule has 2 rings (SSSR count). The van der Waals surface area contributed by atoms with Gasteiger partial charge in [0.15, 0.2) is 0 Å². The van der Waals surface area contributed by atoms with Crippen molar-refractivity contribution in [1.82, 2.24) is 5.32 Å². The molecule has 2 aromatic rings. The Morgan fingerprint density at radius 3 is 2.27 bits per heavy atom. The molecule has 0 saturated heterocycles. The number of nitrogens with zero attached hydrogens (tertiary/aromatic N) is 1. The average Bonchev–Trinajstić information content (AvgIpc) is 2.54. The highest BCUT2D eigenvalue weighted by Gasteiger charge is 2.03. The van der Waals surface area contributed by atoms with Gasteiger partial charge in [0, 0.05) is 7.05 Å². The summed E-state index contributed by atoms with van der Waals surface area (Å²) in [5.74, 6) is 0. The van der Waals surface area contributed by atoms with Crippen molar-refractivity contribution in [3.8, 4) is 6.07 Å². The molecule has 2 aromatic carbocycles. The van der Waals surface area contributed by atoms with E-state index in [9.17, 15) is 0 Å². The number of nitrogens with one attached hydrogen (secondary N) is 1. The van der Waals surface area contributed by atoms with Crippen molar-refractivity contribution >= 4 is 17.7 Å². The van der Waals surface area contributed by atoms with Gasteiger partial charge in [-0.3, -0.25) is 0 Å². The van der Waals surface area contributed by atoms with E-state index in [2.05, 4.69) is 66.9 Å². The zero-order valence-electron chi connectivity index (χ0n) is 13.2. The lowest BCUT2D eigenvalue weighted by molar-refractivity contribution is 1.04.